The largest absolute Gasteiger partial charge is 0.510 e. The van der Waals surface area contributed by atoms with Crippen molar-refractivity contribution in [2.24, 2.45) is 0 Å². The summed E-state index contributed by atoms with van der Waals surface area (Å²) >= 11 is 0. The van der Waals surface area contributed by atoms with Crippen molar-refractivity contribution in [2.45, 2.75) is 91.3 Å². The number of hydrogen-bond acceptors (Lipinski definition) is 2. The summed E-state index contributed by atoms with van der Waals surface area (Å²) in [6.07, 6.45) is 7.16. The molecule has 8 heteroatoms. The summed E-state index contributed by atoms with van der Waals surface area (Å²) in [5.74, 6) is 1.03. The van der Waals surface area contributed by atoms with Gasteiger partial charge in [-0.25, -0.2) is 4.98 Å². The zero-order chi connectivity index (χ0) is 89.3. The van der Waals surface area contributed by atoms with Gasteiger partial charge in [0.05, 0.1) is 54.0 Å². The number of para-hydroxylation sites is 3. The molecule has 0 spiro atoms. The maximum absolute atomic E-state index is 10.4. The predicted octanol–water partition coefficient (Wildman–Crippen LogP) is 21.3. The Balaban J connectivity index is 0.0000109. The number of pyridine rings is 1. The number of rotatable bonds is 10. The average molecular weight is 1590 g/mol. The molecule has 518 valence electrons. The Morgan fingerprint density at radius 2 is 1.03 bits per heavy atom. The summed E-state index contributed by atoms with van der Waals surface area (Å²) in [7, 11) is -6.06. The van der Waals surface area contributed by atoms with Crippen LogP contribution in [-0.4, -0.2) is 26.8 Å². The number of aryl methyl sites for hydroxylation is 2. The van der Waals surface area contributed by atoms with Crippen LogP contribution >= 0.6 is 0 Å². The van der Waals surface area contributed by atoms with Crippen LogP contribution in [0, 0.1) is 32.2 Å². The van der Waals surface area contributed by atoms with E-state index in [1.54, 1.807) is 47.2 Å². The van der Waals surface area contributed by atoms with Gasteiger partial charge in [-0.1, -0.05) is 260 Å². The van der Waals surface area contributed by atoms with Crippen molar-refractivity contribution in [3.8, 4) is 78.9 Å². The number of fused-ring (bicyclic) bond motifs is 14. The van der Waals surface area contributed by atoms with Crippen LogP contribution < -0.4 is 30.1 Å². The number of imidazole rings is 1. The number of aromatic nitrogens is 5. The number of hydrogen-bond donors (Lipinski definition) is 0. The number of ether oxygens (including phenoxy) is 1. The van der Waals surface area contributed by atoms with Gasteiger partial charge >= 0.3 is 0 Å². The monoisotopic (exact) mass is 1590 g/mol. The van der Waals surface area contributed by atoms with Gasteiger partial charge in [0.25, 0.3) is 6.33 Å². The van der Waals surface area contributed by atoms with Crippen molar-refractivity contribution in [2.75, 3.05) is 0 Å². The first-order valence-corrected chi connectivity index (χ1v) is 37.2. The van der Waals surface area contributed by atoms with E-state index in [9.17, 15) is 28.8 Å². The Kier molecular flexibility index (Phi) is 11.3. The van der Waals surface area contributed by atoms with Crippen LogP contribution in [0.15, 0.2) is 291 Å². The standard InChI is InChI=1S/C98H79N5OSi.Pt/c1-63-29-27-30-64(2)93(63)65-53-82-81-61-85-84(97(6,7)50-51-98(85,8)9)60-80(81)74-39-19-20-40-75(74)83-58-73(105(70-33-13-10-14-34-70,71-35-15-11-16-36-71)72-37-17-12-18-38-72)59-90-94(83)101(95(82)91(54-65)102-86-44-24-21-41-76(86)77-42-22-25-45-87(77)102)62-100(90)67-31-28-32-68(56-67)104-69-47-48-79-78-43-23-26-46-88(78)103(89(79)57-69)92-55-66(49-52-99-92)96(3,4)5;/h10-49,52-55,58-61H,50-51H2,1-9H3;/q-2;/i1D3,2D3,10D,11D,12D,13D,14D,15D,16D,17D,18D,33D,34D,35D,36D,37D,38D;. The molecule has 13 aromatic carbocycles. The summed E-state index contributed by atoms with van der Waals surface area (Å²) in [5.41, 5.74) is 8.27. The second-order valence-electron chi connectivity index (χ2n) is 29.8. The quantitative estimate of drug-likeness (QED) is 0.0593. The van der Waals surface area contributed by atoms with E-state index in [0.717, 1.165) is 56.6 Å². The van der Waals surface area contributed by atoms with E-state index in [1.165, 1.54) is 18.2 Å². The molecule has 0 N–H and O–H groups in total. The van der Waals surface area contributed by atoms with Crippen LogP contribution in [0.1, 0.15) is 118 Å². The van der Waals surface area contributed by atoms with Crippen molar-refractivity contribution in [1.29, 1.82) is 0 Å². The second-order valence-corrected chi connectivity index (χ2v) is 33.3. The molecule has 4 aromatic heterocycles. The van der Waals surface area contributed by atoms with Crippen molar-refractivity contribution >= 4 is 83.5 Å². The smallest absolute Gasteiger partial charge is 0.268 e. The van der Waals surface area contributed by atoms with Crippen molar-refractivity contribution in [3.63, 3.8) is 0 Å². The van der Waals surface area contributed by atoms with Gasteiger partial charge in [-0.15, -0.1) is 29.7 Å². The average Bonchev–Trinajstić information content (AvgIpc) is 1.08. The van der Waals surface area contributed by atoms with E-state index in [2.05, 4.69) is 89.7 Å². The maximum Gasteiger partial charge on any atom is 0.268 e. The molecule has 0 radical (unpaired) electrons. The molecule has 6 nitrogen and oxygen atoms in total. The summed E-state index contributed by atoms with van der Waals surface area (Å²) < 4.78 is 219. The SMILES string of the molecule is [2H]c1c([2H])c([2H])c([Si](c2cc3c4c(c2)n(-c2[c-]c(Oc5[c-]c6c(cc5)c5ccccc5n6-c5cc(C(C)(C)C)ccn5)ccc2)[c-][n+]4-c2c(cc(-c4c(C([2H])([2H])[2H])cccc4C([2H])([2H])[2H])cc2-n2c4ccccc4c4ccccc42)-c2cc4c(cc2-c2ccccc2-3)C(C)(C)CCC4(C)C)(c2c([2H])c([2H])c([2H])c([2H])c2[2H])c2c([2H])c([2H])c([2H])c([2H])c2[2H])c([2H])c1[2H].[Pt]. The third kappa shape index (κ3) is 10.5. The zero-order valence-electron chi connectivity index (χ0n) is 79.9. The van der Waals surface area contributed by atoms with Crippen LogP contribution in [0.2, 0.25) is 0 Å². The molecule has 1 aliphatic carbocycles. The van der Waals surface area contributed by atoms with E-state index >= 15 is 0 Å². The van der Waals surface area contributed by atoms with Crippen LogP contribution in [0.3, 0.4) is 0 Å². The van der Waals surface area contributed by atoms with E-state index in [0.29, 0.717) is 61.6 Å². The van der Waals surface area contributed by atoms with Gasteiger partial charge in [-0.2, -0.15) is 18.2 Å². The van der Waals surface area contributed by atoms with E-state index in [1.807, 2.05) is 130 Å². The van der Waals surface area contributed by atoms with Crippen molar-refractivity contribution in [3.05, 3.63) is 337 Å². The van der Waals surface area contributed by atoms with E-state index in [-0.39, 0.29) is 87.7 Å². The fourth-order valence-corrected chi connectivity index (χ4v) is 20.3. The third-order valence-electron chi connectivity index (χ3n) is 21.7. The third-order valence-corrected chi connectivity index (χ3v) is 25.9. The summed E-state index contributed by atoms with van der Waals surface area (Å²) in [6.45, 7) is 9.36. The van der Waals surface area contributed by atoms with Gasteiger partial charge in [0.2, 0.25) is 0 Å². The predicted molar refractivity (Wildman–Crippen MR) is 437 cm³/mol. The number of nitrogens with zero attached hydrogens (tertiary/aromatic N) is 5. The second kappa shape index (κ2) is 25.3. The van der Waals surface area contributed by atoms with E-state index in [4.69, 9.17) is 9.72 Å². The fraction of sp³-hybridized carbons (Fsp3) is 0.143. The Hall–Kier alpha value is -11.2. The zero-order valence-corrected chi connectivity index (χ0v) is 62.2. The Morgan fingerprint density at radius 1 is 0.491 bits per heavy atom. The minimum atomic E-state index is -6.06. The first-order valence-electron chi connectivity index (χ1n) is 45.7. The van der Waals surface area contributed by atoms with Crippen LogP contribution in [0.25, 0.3) is 122 Å². The molecule has 0 atom stereocenters. The normalized spacial score (nSPS) is 16.8. The van der Waals surface area contributed by atoms with Gasteiger partial charge in [-0.3, -0.25) is 4.57 Å². The molecular formula is C98H79N5OPtSi-2. The van der Waals surface area contributed by atoms with Gasteiger partial charge in [0.1, 0.15) is 5.82 Å². The number of benzene rings is 13. The van der Waals surface area contributed by atoms with Gasteiger partial charge in [-0.05, 0) is 195 Å². The molecule has 1 aliphatic heterocycles. The van der Waals surface area contributed by atoms with Crippen LogP contribution in [0.5, 0.6) is 11.5 Å². The summed E-state index contributed by atoms with van der Waals surface area (Å²) in [6, 6.07) is 52.6. The Bertz CT molecular complexity index is 7290. The molecule has 0 fully saturated rings. The van der Waals surface area contributed by atoms with Crippen molar-refractivity contribution in [1.82, 2.24) is 18.7 Å². The molecule has 17 aromatic rings. The first kappa shape index (κ1) is 47.3. The molecule has 5 heterocycles. The van der Waals surface area contributed by atoms with Gasteiger partial charge in [0, 0.05) is 63.3 Å². The molecular weight excluding hydrogens is 1490 g/mol. The Morgan fingerprint density at radius 3 is 1.62 bits per heavy atom. The molecule has 2 aliphatic rings. The topological polar surface area (TPSA) is 40.8 Å². The fourth-order valence-electron chi connectivity index (χ4n) is 16.5. The van der Waals surface area contributed by atoms with Crippen LogP contribution in [-0.2, 0) is 37.3 Å². The molecule has 0 saturated carbocycles. The maximum atomic E-state index is 10.4. The van der Waals surface area contributed by atoms with Crippen LogP contribution in [0.4, 0.5) is 0 Å². The molecule has 0 unspecified atom stereocenters. The summed E-state index contributed by atoms with van der Waals surface area (Å²) in [5, 5.41) is 1.07. The van der Waals surface area contributed by atoms with Gasteiger partial charge < -0.3 is 18.4 Å². The first-order chi connectivity index (χ1) is 59.6. The molecule has 0 amide bonds. The minimum absolute atomic E-state index is 0. The molecule has 106 heavy (non-hydrogen) atoms. The Labute approximate surface area is 665 Å². The summed E-state index contributed by atoms with van der Waals surface area (Å²) in [4.78, 5) is 4.92. The molecule has 0 saturated heterocycles. The van der Waals surface area contributed by atoms with E-state index < -0.39 is 139 Å². The molecule has 19 rings (SSSR count). The van der Waals surface area contributed by atoms with Gasteiger partial charge in [0.15, 0.2) is 8.07 Å². The van der Waals surface area contributed by atoms with Crippen molar-refractivity contribution < 1.29 is 59.2 Å². The molecule has 0 bridgehead atoms. The minimum Gasteiger partial charge on any atom is -0.510 e.